The lowest BCUT2D eigenvalue weighted by atomic mass is 10.0. The molecule has 0 radical (unpaired) electrons. The first-order valence-corrected chi connectivity index (χ1v) is 5.10. The van der Waals surface area contributed by atoms with Crippen LogP contribution in [0.1, 0.15) is 13.3 Å². The Hall–Kier alpha value is -1.89. The van der Waals surface area contributed by atoms with Crippen LogP contribution in [0.5, 0.6) is 0 Å². The summed E-state index contributed by atoms with van der Waals surface area (Å²) in [7, 11) is 0. The van der Waals surface area contributed by atoms with E-state index in [1.165, 1.54) is 12.1 Å². The van der Waals surface area contributed by atoms with Gasteiger partial charge in [0.2, 0.25) is 5.91 Å². The van der Waals surface area contributed by atoms with E-state index in [0.717, 1.165) is 0 Å². The van der Waals surface area contributed by atoms with Gasteiger partial charge in [-0.2, -0.15) is 5.26 Å². The quantitative estimate of drug-likeness (QED) is 0.724. The first-order valence-electron chi connectivity index (χ1n) is 5.10. The lowest BCUT2D eigenvalue weighted by Gasteiger charge is -2.22. The molecule has 0 spiro atoms. The molecule has 1 amide bonds. The third-order valence-electron chi connectivity index (χ3n) is 2.92. The van der Waals surface area contributed by atoms with Crippen LogP contribution in [0, 0.1) is 23.1 Å². The molecule has 2 atom stereocenters. The van der Waals surface area contributed by atoms with E-state index in [1.54, 1.807) is 17.0 Å². The van der Waals surface area contributed by atoms with Gasteiger partial charge in [0.1, 0.15) is 5.82 Å². The van der Waals surface area contributed by atoms with E-state index in [-0.39, 0.29) is 30.1 Å². The molecular formula is C12H11FN2O. The Morgan fingerprint density at radius 2 is 2.06 bits per heavy atom. The summed E-state index contributed by atoms with van der Waals surface area (Å²) in [5.41, 5.74) is 0.650. The summed E-state index contributed by atoms with van der Waals surface area (Å²) in [4.78, 5) is 13.3. The maximum atomic E-state index is 12.8. The first-order chi connectivity index (χ1) is 7.63. The van der Waals surface area contributed by atoms with Gasteiger partial charge in [-0.05, 0) is 31.2 Å². The van der Waals surface area contributed by atoms with Crippen molar-refractivity contribution in [2.75, 3.05) is 4.90 Å². The van der Waals surface area contributed by atoms with E-state index in [1.807, 2.05) is 6.92 Å². The van der Waals surface area contributed by atoms with Gasteiger partial charge < -0.3 is 4.90 Å². The Labute approximate surface area is 93.1 Å². The SMILES string of the molecule is CC1C(C#N)CC(=O)N1c1ccc(F)cc1. The summed E-state index contributed by atoms with van der Waals surface area (Å²) in [5.74, 6) is -0.692. The minimum atomic E-state index is -0.333. The molecule has 4 heteroatoms. The zero-order valence-electron chi connectivity index (χ0n) is 8.85. The van der Waals surface area contributed by atoms with Crippen LogP contribution in [0.2, 0.25) is 0 Å². The fraction of sp³-hybridized carbons (Fsp3) is 0.333. The molecule has 2 unspecified atom stereocenters. The number of carbonyl (C=O) groups is 1. The number of nitriles is 1. The number of hydrogen-bond donors (Lipinski definition) is 0. The molecule has 16 heavy (non-hydrogen) atoms. The number of anilines is 1. The molecule has 3 nitrogen and oxygen atoms in total. The average Bonchev–Trinajstić information content (AvgIpc) is 2.56. The Bertz CT molecular complexity index is 449. The van der Waals surface area contributed by atoms with Crippen LogP contribution < -0.4 is 4.90 Å². The summed E-state index contributed by atoms with van der Waals surface area (Å²) in [6.07, 6.45) is 0.245. The van der Waals surface area contributed by atoms with E-state index < -0.39 is 0 Å². The zero-order valence-corrected chi connectivity index (χ0v) is 8.85. The molecule has 0 aliphatic carbocycles. The van der Waals surface area contributed by atoms with E-state index in [2.05, 4.69) is 6.07 Å². The summed E-state index contributed by atoms with van der Waals surface area (Å²) >= 11 is 0. The van der Waals surface area contributed by atoms with Crippen molar-refractivity contribution in [3.63, 3.8) is 0 Å². The molecule has 0 saturated carbocycles. The Morgan fingerprint density at radius 3 is 2.56 bits per heavy atom. The third-order valence-corrected chi connectivity index (χ3v) is 2.92. The molecule has 1 aromatic carbocycles. The van der Waals surface area contributed by atoms with Crippen molar-refractivity contribution >= 4 is 11.6 Å². The van der Waals surface area contributed by atoms with E-state index in [0.29, 0.717) is 5.69 Å². The largest absolute Gasteiger partial charge is 0.308 e. The van der Waals surface area contributed by atoms with Crippen LogP contribution in [0.25, 0.3) is 0 Å². The van der Waals surface area contributed by atoms with Gasteiger partial charge in [0.15, 0.2) is 0 Å². The highest BCUT2D eigenvalue weighted by Gasteiger charge is 2.37. The molecule has 0 bridgehead atoms. The van der Waals surface area contributed by atoms with Gasteiger partial charge >= 0.3 is 0 Å². The average molecular weight is 218 g/mol. The fourth-order valence-electron chi connectivity index (χ4n) is 2.00. The number of nitrogens with zero attached hydrogens (tertiary/aromatic N) is 2. The van der Waals surface area contributed by atoms with E-state index in [9.17, 15) is 9.18 Å². The maximum Gasteiger partial charge on any atom is 0.228 e. The number of hydrogen-bond acceptors (Lipinski definition) is 2. The van der Waals surface area contributed by atoms with Gasteiger partial charge in [0.25, 0.3) is 0 Å². The second-order valence-corrected chi connectivity index (χ2v) is 3.92. The van der Waals surface area contributed by atoms with Gasteiger partial charge in [0.05, 0.1) is 18.0 Å². The van der Waals surface area contributed by atoms with Crippen molar-refractivity contribution in [3.05, 3.63) is 30.1 Å². The second-order valence-electron chi connectivity index (χ2n) is 3.92. The topological polar surface area (TPSA) is 44.1 Å². The highest BCUT2D eigenvalue weighted by atomic mass is 19.1. The molecule has 2 rings (SSSR count). The van der Waals surface area contributed by atoms with Gasteiger partial charge in [-0.15, -0.1) is 0 Å². The molecule has 0 N–H and O–H groups in total. The number of amides is 1. The standard InChI is InChI=1S/C12H11FN2O/c1-8-9(7-14)6-12(16)15(8)11-4-2-10(13)3-5-11/h2-5,8-9H,6H2,1H3. The predicted molar refractivity (Wildman–Crippen MR) is 57.1 cm³/mol. The molecule has 1 aliphatic rings. The minimum Gasteiger partial charge on any atom is -0.308 e. The highest BCUT2D eigenvalue weighted by molar-refractivity contribution is 5.96. The van der Waals surface area contributed by atoms with Gasteiger partial charge in [-0.1, -0.05) is 0 Å². The fourth-order valence-corrected chi connectivity index (χ4v) is 2.00. The van der Waals surface area contributed by atoms with Crippen molar-refractivity contribution in [1.82, 2.24) is 0 Å². The van der Waals surface area contributed by atoms with Crippen molar-refractivity contribution in [3.8, 4) is 6.07 Å². The summed E-state index contributed by atoms with van der Waals surface area (Å²) in [6.45, 7) is 1.84. The Balaban J connectivity index is 2.31. The van der Waals surface area contributed by atoms with E-state index >= 15 is 0 Å². The van der Waals surface area contributed by atoms with Gasteiger partial charge in [-0.25, -0.2) is 4.39 Å². The first kappa shape index (κ1) is 10.6. The number of halogens is 1. The van der Waals surface area contributed by atoms with Crippen LogP contribution in [0.4, 0.5) is 10.1 Å². The molecule has 0 aromatic heterocycles. The molecular weight excluding hydrogens is 207 g/mol. The monoisotopic (exact) mass is 218 g/mol. The third kappa shape index (κ3) is 1.65. The normalized spacial score (nSPS) is 24.6. The lowest BCUT2D eigenvalue weighted by Crippen LogP contribution is -2.32. The smallest absolute Gasteiger partial charge is 0.228 e. The number of carbonyl (C=O) groups excluding carboxylic acids is 1. The number of benzene rings is 1. The van der Waals surface area contributed by atoms with Crippen molar-refractivity contribution in [2.24, 2.45) is 5.92 Å². The van der Waals surface area contributed by atoms with Crippen LogP contribution in [0.3, 0.4) is 0 Å². The van der Waals surface area contributed by atoms with Crippen molar-refractivity contribution < 1.29 is 9.18 Å². The Kier molecular flexibility index (Phi) is 2.61. The summed E-state index contributed by atoms with van der Waals surface area (Å²) in [5, 5.41) is 8.87. The zero-order chi connectivity index (χ0) is 11.7. The molecule has 1 saturated heterocycles. The molecule has 82 valence electrons. The van der Waals surface area contributed by atoms with Crippen molar-refractivity contribution in [2.45, 2.75) is 19.4 Å². The van der Waals surface area contributed by atoms with Crippen LogP contribution in [-0.2, 0) is 4.79 Å². The summed E-state index contributed by atoms with van der Waals surface area (Å²) in [6, 6.07) is 7.72. The van der Waals surface area contributed by atoms with Crippen molar-refractivity contribution in [1.29, 1.82) is 5.26 Å². The van der Waals surface area contributed by atoms with Crippen LogP contribution in [0.15, 0.2) is 24.3 Å². The molecule has 1 fully saturated rings. The molecule has 1 aromatic rings. The van der Waals surface area contributed by atoms with Gasteiger partial charge in [-0.3, -0.25) is 4.79 Å². The lowest BCUT2D eigenvalue weighted by molar-refractivity contribution is -0.117. The maximum absolute atomic E-state index is 12.8. The second kappa shape index (κ2) is 3.93. The Morgan fingerprint density at radius 1 is 1.44 bits per heavy atom. The molecule has 1 aliphatic heterocycles. The summed E-state index contributed by atoms with van der Waals surface area (Å²) < 4.78 is 12.8. The predicted octanol–water partition coefficient (Wildman–Crippen LogP) is 2.09. The van der Waals surface area contributed by atoms with Gasteiger partial charge in [0, 0.05) is 12.1 Å². The van der Waals surface area contributed by atoms with E-state index in [4.69, 9.17) is 5.26 Å². The highest BCUT2D eigenvalue weighted by Crippen LogP contribution is 2.30. The molecule has 1 heterocycles. The van der Waals surface area contributed by atoms with Crippen LogP contribution in [-0.4, -0.2) is 11.9 Å². The number of rotatable bonds is 1. The minimum absolute atomic E-state index is 0.0781. The van der Waals surface area contributed by atoms with Crippen LogP contribution >= 0.6 is 0 Å².